The van der Waals surface area contributed by atoms with Crippen molar-refractivity contribution in [3.8, 4) is 5.75 Å². The number of carbonyl (C=O) groups is 1. The van der Waals surface area contributed by atoms with Gasteiger partial charge in [-0.15, -0.1) is 0 Å². The molecule has 0 aliphatic carbocycles. The number of hydrogen-bond donors (Lipinski definition) is 1. The van der Waals surface area contributed by atoms with E-state index in [1.54, 1.807) is 7.11 Å². The Labute approximate surface area is 147 Å². The van der Waals surface area contributed by atoms with E-state index in [0.717, 1.165) is 11.1 Å². The molecule has 25 heavy (non-hydrogen) atoms. The largest absolute Gasteiger partial charge is 0.495 e. The quantitative estimate of drug-likeness (QED) is 0.779. The first-order valence-electron chi connectivity index (χ1n) is 8.10. The summed E-state index contributed by atoms with van der Waals surface area (Å²) in [7, 11) is 1.58. The number of carbonyl (C=O) groups excluding carboxylic acids is 1. The van der Waals surface area contributed by atoms with Gasteiger partial charge in [-0.2, -0.15) is 0 Å². The molecule has 0 bridgehead atoms. The van der Waals surface area contributed by atoms with Gasteiger partial charge < -0.3 is 10.1 Å². The van der Waals surface area contributed by atoms with Gasteiger partial charge in [-0.25, -0.2) is 4.98 Å². The van der Waals surface area contributed by atoms with Crippen molar-refractivity contribution in [1.29, 1.82) is 0 Å². The molecule has 2 aromatic carbocycles. The zero-order chi connectivity index (χ0) is 18.0. The third-order valence-corrected chi connectivity index (χ3v) is 3.99. The molecule has 0 aliphatic rings. The van der Waals surface area contributed by atoms with E-state index in [1.165, 1.54) is 6.20 Å². The zero-order valence-electron chi connectivity index (χ0n) is 14.8. The Bertz CT molecular complexity index is 930. The summed E-state index contributed by atoms with van der Waals surface area (Å²) in [6, 6.07) is 13.3. The van der Waals surface area contributed by atoms with Crippen molar-refractivity contribution in [2.24, 2.45) is 0 Å². The summed E-state index contributed by atoms with van der Waals surface area (Å²) in [4.78, 5) is 21.3. The number of rotatable bonds is 3. The number of ether oxygens (including phenoxy) is 1. The van der Waals surface area contributed by atoms with Crippen LogP contribution in [0.25, 0.3) is 11.0 Å². The molecule has 5 heteroatoms. The third-order valence-electron chi connectivity index (χ3n) is 3.99. The molecule has 0 saturated heterocycles. The average molecular weight is 335 g/mol. The second-order valence-corrected chi connectivity index (χ2v) is 6.86. The van der Waals surface area contributed by atoms with Crippen molar-refractivity contribution < 1.29 is 9.53 Å². The molecule has 0 saturated carbocycles. The summed E-state index contributed by atoms with van der Waals surface area (Å²) < 4.78 is 5.37. The fourth-order valence-electron chi connectivity index (χ4n) is 2.53. The fourth-order valence-corrected chi connectivity index (χ4v) is 2.53. The van der Waals surface area contributed by atoms with E-state index < -0.39 is 0 Å². The van der Waals surface area contributed by atoms with Gasteiger partial charge in [-0.05, 0) is 35.2 Å². The van der Waals surface area contributed by atoms with E-state index in [-0.39, 0.29) is 17.0 Å². The standard InChI is InChI=1S/C20H21N3O2/c1-20(2,3)13-9-10-18(25-4)16(11-13)23-19(24)17-12-21-14-7-5-6-8-15(14)22-17/h5-12H,1-4H3,(H,23,24). The Morgan fingerprint density at radius 1 is 1.08 bits per heavy atom. The van der Waals surface area contributed by atoms with Gasteiger partial charge in [0.1, 0.15) is 11.4 Å². The van der Waals surface area contributed by atoms with E-state index >= 15 is 0 Å². The van der Waals surface area contributed by atoms with Gasteiger partial charge in [0.25, 0.3) is 5.91 Å². The number of hydrogen-bond acceptors (Lipinski definition) is 4. The SMILES string of the molecule is COc1ccc(C(C)(C)C)cc1NC(=O)c1cnc2ccccc2n1. The summed E-state index contributed by atoms with van der Waals surface area (Å²) >= 11 is 0. The van der Waals surface area contributed by atoms with Gasteiger partial charge >= 0.3 is 0 Å². The number of benzene rings is 2. The highest BCUT2D eigenvalue weighted by Gasteiger charge is 2.18. The van der Waals surface area contributed by atoms with Crippen molar-refractivity contribution in [2.45, 2.75) is 26.2 Å². The summed E-state index contributed by atoms with van der Waals surface area (Å²) in [5, 5.41) is 2.89. The minimum absolute atomic E-state index is 0.0332. The summed E-state index contributed by atoms with van der Waals surface area (Å²) in [6.07, 6.45) is 1.48. The second-order valence-electron chi connectivity index (χ2n) is 6.86. The van der Waals surface area contributed by atoms with Crippen molar-refractivity contribution in [3.05, 3.63) is 59.9 Å². The molecule has 128 valence electrons. The molecule has 1 N–H and O–H groups in total. The smallest absolute Gasteiger partial charge is 0.275 e. The molecule has 0 atom stereocenters. The highest BCUT2D eigenvalue weighted by molar-refractivity contribution is 6.04. The highest BCUT2D eigenvalue weighted by Crippen LogP contribution is 2.31. The number of aromatic nitrogens is 2. The van der Waals surface area contributed by atoms with Crippen LogP contribution in [0.2, 0.25) is 0 Å². The predicted molar refractivity (Wildman–Crippen MR) is 99.2 cm³/mol. The van der Waals surface area contributed by atoms with Gasteiger partial charge in [0, 0.05) is 0 Å². The van der Waals surface area contributed by atoms with E-state index in [2.05, 4.69) is 36.1 Å². The number of amides is 1. The Kier molecular flexibility index (Phi) is 4.40. The van der Waals surface area contributed by atoms with Crippen molar-refractivity contribution in [2.75, 3.05) is 12.4 Å². The summed E-state index contributed by atoms with van der Waals surface area (Å²) in [5.41, 5.74) is 3.40. The molecule has 3 aromatic rings. The average Bonchev–Trinajstić information content (AvgIpc) is 2.60. The first-order valence-corrected chi connectivity index (χ1v) is 8.10. The number of nitrogens with zero attached hydrogens (tertiary/aromatic N) is 2. The minimum Gasteiger partial charge on any atom is -0.495 e. The highest BCUT2D eigenvalue weighted by atomic mass is 16.5. The summed E-state index contributed by atoms with van der Waals surface area (Å²) in [6.45, 7) is 6.36. The number of para-hydroxylation sites is 2. The Morgan fingerprint density at radius 2 is 1.80 bits per heavy atom. The zero-order valence-corrected chi connectivity index (χ0v) is 14.8. The lowest BCUT2D eigenvalue weighted by Crippen LogP contribution is -2.16. The van der Waals surface area contributed by atoms with Crippen molar-refractivity contribution >= 4 is 22.6 Å². The first-order chi connectivity index (χ1) is 11.9. The molecule has 0 unspecified atom stereocenters. The van der Waals surface area contributed by atoms with Crippen LogP contribution in [0.5, 0.6) is 5.75 Å². The molecule has 0 radical (unpaired) electrons. The van der Waals surface area contributed by atoms with Crippen LogP contribution >= 0.6 is 0 Å². The van der Waals surface area contributed by atoms with Gasteiger partial charge in [0.15, 0.2) is 0 Å². The molecule has 0 aliphatic heterocycles. The predicted octanol–water partition coefficient (Wildman–Crippen LogP) is 4.19. The molecule has 1 aromatic heterocycles. The molecule has 1 amide bonds. The van der Waals surface area contributed by atoms with E-state index in [0.29, 0.717) is 17.0 Å². The van der Waals surface area contributed by atoms with E-state index in [1.807, 2.05) is 42.5 Å². The number of nitrogens with one attached hydrogen (secondary N) is 1. The van der Waals surface area contributed by atoms with Crippen molar-refractivity contribution in [3.63, 3.8) is 0 Å². The molecule has 1 heterocycles. The van der Waals surface area contributed by atoms with E-state index in [9.17, 15) is 4.79 Å². The van der Waals surface area contributed by atoms with Crippen LogP contribution in [0.3, 0.4) is 0 Å². The number of methoxy groups -OCH3 is 1. The molecule has 3 rings (SSSR count). The molecule has 0 fully saturated rings. The topological polar surface area (TPSA) is 64.1 Å². The van der Waals surface area contributed by atoms with Gasteiger partial charge in [-0.1, -0.05) is 39.0 Å². The minimum atomic E-state index is -0.317. The molecule has 0 spiro atoms. The lowest BCUT2D eigenvalue weighted by atomic mass is 9.87. The van der Waals surface area contributed by atoms with Gasteiger partial charge in [0.05, 0.1) is 30.0 Å². The van der Waals surface area contributed by atoms with Gasteiger partial charge in [0.2, 0.25) is 0 Å². The number of fused-ring (bicyclic) bond motifs is 1. The van der Waals surface area contributed by atoms with Crippen molar-refractivity contribution in [1.82, 2.24) is 9.97 Å². The lowest BCUT2D eigenvalue weighted by molar-refractivity contribution is 0.102. The lowest BCUT2D eigenvalue weighted by Gasteiger charge is -2.21. The van der Waals surface area contributed by atoms with Gasteiger partial charge in [-0.3, -0.25) is 9.78 Å². The normalized spacial score (nSPS) is 11.4. The maximum absolute atomic E-state index is 12.6. The van der Waals surface area contributed by atoms with Crippen LogP contribution in [0.15, 0.2) is 48.7 Å². The first kappa shape index (κ1) is 16.9. The van der Waals surface area contributed by atoms with Crippen LogP contribution < -0.4 is 10.1 Å². The number of anilines is 1. The Balaban J connectivity index is 1.93. The van der Waals surface area contributed by atoms with Crippen LogP contribution in [0, 0.1) is 0 Å². The maximum atomic E-state index is 12.6. The Hall–Kier alpha value is -2.95. The Morgan fingerprint density at radius 3 is 2.48 bits per heavy atom. The molecule has 5 nitrogen and oxygen atoms in total. The fraction of sp³-hybridized carbons (Fsp3) is 0.250. The molecular formula is C20H21N3O2. The summed E-state index contributed by atoms with van der Waals surface area (Å²) in [5.74, 6) is 0.290. The van der Waals surface area contributed by atoms with Crippen LogP contribution in [-0.2, 0) is 5.41 Å². The van der Waals surface area contributed by atoms with E-state index in [4.69, 9.17) is 4.74 Å². The van der Waals surface area contributed by atoms with Crippen LogP contribution in [-0.4, -0.2) is 23.0 Å². The third kappa shape index (κ3) is 3.60. The van der Waals surface area contributed by atoms with Crippen LogP contribution in [0.4, 0.5) is 5.69 Å². The molecular weight excluding hydrogens is 314 g/mol. The second kappa shape index (κ2) is 6.51. The maximum Gasteiger partial charge on any atom is 0.275 e. The van der Waals surface area contributed by atoms with Crippen LogP contribution in [0.1, 0.15) is 36.8 Å². The monoisotopic (exact) mass is 335 g/mol.